The van der Waals surface area contributed by atoms with Gasteiger partial charge in [-0.05, 0) is 28.1 Å². The molecule has 0 fully saturated rings. The van der Waals surface area contributed by atoms with Crippen LogP contribution >= 0.6 is 27.5 Å². The summed E-state index contributed by atoms with van der Waals surface area (Å²) in [5.41, 5.74) is -16.9. The average Bonchev–Trinajstić information content (AvgIpc) is 2.42. The molecule has 0 amide bonds. The van der Waals surface area contributed by atoms with Gasteiger partial charge in [0.2, 0.25) is 0 Å². The van der Waals surface area contributed by atoms with E-state index in [0.29, 0.717) is 0 Å². The predicted octanol–water partition coefficient (Wildman–Crippen LogP) is 5.73. The summed E-state index contributed by atoms with van der Waals surface area (Å²) in [6, 6.07) is -0.688. The van der Waals surface area contributed by atoms with Gasteiger partial charge in [-0.3, -0.25) is 0 Å². The van der Waals surface area contributed by atoms with Gasteiger partial charge in [0.15, 0.2) is 0 Å². The summed E-state index contributed by atoms with van der Waals surface area (Å²) in [4.78, 5) is 0. The van der Waals surface area contributed by atoms with Gasteiger partial charge in [-0.15, -0.1) is 0 Å². The SMILES string of the molecule is OC(c1cc(Cl)cc(C(O)(C(F)(F)F)C(F)(F)F)c1Br)(C(F)(F)F)C(F)(F)F. The highest BCUT2D eigenvalue weighted by atomic mass is 79.9. The van der Waals surface area contributed by atoms with Crippen molar-refractivity contribution in [3.05, 3.63) is 32.8 Å². The lowest BCUT2D eigenvalue weighted by Gasteiger charge is -2.37. The molecule has 0 radical (unpaired) electrons. The smallest absolute Gasteiger partial charge is 0.369 e. The molecule has 0 unspecified atom stereocenters. The Bertz CT molecular complexity index is 662. The molecule has 0 atom stereocenters. The van der Waals surface area contributed by atoms with Crippen LogP contribution in [0.1, 0.15) is 11.1 Å². The molecule has 28 heavy (non-hydrogen) atoms. The second kappa shape index (κ2) is 6.80. The van der Waals surface area contributed by atoms with Crippen LogP contribution in [0, 0.1) is 0 Å². The second-order valence-corrected chi connectivity index (χ2v) is 6.46. The van der Waals surface area contributed by atoms with Gasteiger partial charge in [0.1, 0.15) is 0 Å². The van der Waals surface area contributed by atoms with Gasteiger partial charge in [0.05, 0.1) is 0 Å². The number of benzene rings is 1. The molecule has 162 valence electrons. The molecule has 0 aliphatic rings. The Labute approximate surface area is 159 Å². The van der Waals surface area contributed by atoms with Crippen molar-refractivity contribution in [2.24, 2.45) is 0 Å². The van der Waals surface area contributed by atoms with Gasteiger partial charge >= 0.3 is 24.7 Å². The Hall–Kier alpha value is -0.930. The molecular formula is C12H4BrClF12O2. The van der Waals surface area contributed by atoms with E-state index in [0.717, 1.165) is 0 Å². The number of hydrogen-bond donors (Lipinski definition) is 2. The fourth-order valence-electron chi connectivity index (χ4n) is 2.05. The average molecular weight is 523 g/mol. The first-order chi connectivity index (χ1) is 12.0. The molecule has 0 aromatic heterocycles. The van der Waals surface area contributed by atoms with Crippen LogP contribution in [0.15, 0.2) is 16.6 Å². The number of rotatable bonds is 2. The van der Waals surface area contributed by atoms with Gasteiger partial charge in [-0.2, -0.15) is 52.7 Å². The number of aliphatic hydroxyl groups is 2. The maximum atomic E-state index is 13.0. The highest BCUT2D eigenvalue weighted by molar-refractivity contribution is 9.10. The van der Waals surface area contributed by atoms with Crippen molar-refractivity contribution in [3.8, 4) is 0 Å². The standard InChI is InChI=1S/C12H4BrClF12O2/c13-6-4(7(27,9(15,16)17)10(18,19)20)1-3(14)2-5(6)8(28,11(21,22)23)12(24,25)26/h1-2,27-28H. The van der Waals surface area contributed by atoms with E-state index in [1.165, 1.54) is 0 Å². The zero-order valence-electron chi connectivity index (χ0n) is 12.3. The molecule has 2 N–H and O–H groups in total. The highest BCUT2D eigenvalue weighted by Crippen LogP contribution is 2.57. The van der Waals surface area contributed by atoms with E-state index in [1.807, 2.05) is 0 Å². The van der Waals surface area contributed by atoms with E-state index in [1.54, 1.807) is 15.9 Å². The largest absolute Gasteiger partial charge is 0.430 e. The minimum atomic E-state index is -6.65. The molecule has 0 bridgehead atoms. The lowest BCUT2D eigenvalue weighted by molar-refractivity contribution is -0.378. The monoisotopic (exact) mass is 522 g/mol. The minimum absolute atomic E-state index is 0.344. The first kappa shape index (κ1) is 25.1. The van der Waals surface area contributed by atoms with E-state index in [4.69, 9.17) is 11.6 Å². The quantitative estimate of drug-likeness (QED) is 0.487. The lowest BCUT2D eigenvalue weighted by Crippen LogP contribution is -2.56. The minimum Gasteiger partial charge on any atom is -0.369 e. The molecule has 2 nitrogen and oxygen atoms in total. The molecule has 0 spiro atoms. The molecule has 1 aromatic carbocycles. The van der Waals surface area contributed by atoms with Crippen molar-refractivity contribution < 1.29 is 62.9 Å². The topological polar surface area (TPSA) is 40.5 Å². The molecule has 0 heterocycles. The van der Waals surface area contributed by atoms with Crippen LogP contribution in [0.25, 0.3) is 0 Å². The summed E-state index contributed by atoms with van der Waals surface area (Å²) in [5, 5.41) is 17.1. The third kappa shape index (κ3) is 3.65. The van der Waals surface area contributed by atoms with Crippen molar-refractivity contribution in [1.29, 1.82) is 0 Å². The van der Waals surface area contributed by atoms with Crippen molar-refractivity contribution in [1.82, 2.24) is 0 Å². The van der Waals surface area contributed by atoms with Crippen molar-refractivity contribution in [2.45, 2.75) is 35.9 Å². The fraction of sp³-hybridized carbons (Fsp3) is 0.500. The Morgan fingerprint density at radius 3 is 1.00 bits per heavy atom. The zero-order chi connectivity index (χ0) is 22.7. The summed E-state index contributed by atoms with van der Waals surface area (Å²) in [7, 11) is 0. The molecule has 0 saturated carbocycles. The molecule has 1 rings (SSSR count). The summed E-state index contributed by atoms with van der Waals surface area (Å²) < 4.78 is 153. The number of halogens is 14. The van der Waals surface area contributed by atoms with Crippen molar-refractivity contribution >= 4 is 27.5 Å². The Balaban J connectivity index is 4.12. The number of alkyl halides is 12. The van der Waals surface area contributed by atoms with Gasteiger partial charge in [0, 0.05) is 20.6 Å². The third-order valence-corrected chi connectivity index (χ3v) is 4.53. The predicted molar refractivity (Wildman–Crippen MR) is 71.2 cm³/mol. The maximum Gasteiger partial charge on any atom is 0.430 e. The van der Waals surface area contributed by atoms with Crippen molar-refractivity contribution in [3.63, 3.8) is 0 Å². The van der Waals surface area contributed by atoms with E-state index in [2.05, 4.69) is 0 Å². The summed E-state index contributed by atoms with van der Waals surface area (Å²) in [6.07, 6.45) is -26.6. The third-order valence-electron chi connectivity index (χ3n) is 3.46. The van der Waals surface area contributed by atoms with E-state index < -0.39 is 56.5 Å². The van der Waals surface area contributed by atoms with Crippen LogP contribution in [0.5, 0.6) is 0 Å². The van der Waals surface area contributed by atoms with Crippen LogP contribution in [-0.4, -0.2) is 34.9 Å². The van der Waals surface area contributed by atoms with Crippen LogP contribution < -0.4 is 0 Å². The highest BCUT2D eigenvalue weighted by Gasteiger charge is 2.75. The van der Waals surface area contributed by atoms with E-state index in [-0.39, 0.29) is 12.1 Å². The maximum absolute atomic E-state index is 13.0. The van der Waals surface area contributed by atoms with Gasteiger partial charge in [-0.25, -0.2) is 0 Å². The van der Waals surface area contributed by atoms with Crippen LogP contribution in [-0.2, 0) is 11.2 Å². The molecule has 0 aliphatic carbocycles. The molecular weight excluding hydrogens is 519 g/mol. The van der Waals surface area contributed by atoms with Gasteiger partial charge in [-0.1, -0.05) is 11.6 Å². The van der Waals surface area contributed by atoms with E-state index >= 15 is 0 Å². The van der Waals surface area contributed by atoms with Gasteiger partial charge in [0.25, 0.3) is 11.2 Å². The summed E-state index contributed by atoms with van der Waals surface area (Å²) in [6.45, 7) is 0. The Morgan fingerprint density at radius 2 is 0.821 bits per heavy atom. The molecule has 0 saturated heterocycles. The Morgan fingerprint density at radius 1 is 0.607 bits per heavy atom. The summed E-state index contributed by atoms with van der Waals surface area (Å²) in [5.74, 6) is 0. The Kier molecular flexibility index (Phi) is 6.10. The van der Waals surface area contributed by atoms with Crippen LogP contribution in [0.4, 0.5) is 52.7 Å². The lowest BCUT2D eigenvalue weighted by atomic mass is 9.85. The normalized spacial score (nSPS) is 15.1. The first-order valence-corrected chi connectivity index (χ1v) is 7.42. The van der Waals surface area contributed by atoms with Crippen LogP contribution in [0.3, 0.4) is 0 Å². The first-order valence-electron chi connectivity index (χ1n) is 6.25. The van der Waals surface area contributed by atoms with Crippen LogP contribution in [0.2, 0.25) is 5.02 Å². The molecule has 0 aliphatic heterocycles. The molecule has 1 aromatic rings. The van der Waals surface area contributed by atoms with Crippen molar-refractivity contribution in [2.75, 3.05) is 0 Å². The van der Waals surface area contributed by atoms with Gasteiger partial charge < -0.3 is 10.2 Å². The fourth-order valence-corrected chi connectivity index (χ4v) is 3.07. The molecule has 16 heteroatoms. The zero-order valence-corrected chi connectivity index (χ0v) is 14.7. The second-order valence-electron chi connectivity index (χ2n) is 5.23. The van der Waals surface area contributed by atoms with E-state index in [9.17, 15) is 62.9 Å². The summed E-state index contributed by atoms with van der Waals surface area (Å²) >= 11 is 6.90. The number of hydrogen-bond acceptors (Lipinski definition) is 2.